The number of benzene rings is 1. The van der Waals surface area contributed by atoms with Gasteiger partial charge in [-0.15, -0.1) is 5.54 Å². The topological polar surface area (TPSA) is 9.23 Å². The molecule has 0 aromatic heterocycles. The number of methoxy groups -OCH3 is 1. The van der Waals surface area contributed by atoms with Crippen molar-refractivity contribution in [2.75, 3.05) is 7.11 Å². The lowest BCUT2D eigenvalue weighted by Gasteiger charge is -2.06. The van der Waals surface area contributed by atoms with E-state index in [2.05, 4.69) is 63.0 Å². The molecular formula is C14H16Br2OSi. The Balaban J connectivity index is 3.14. The van der Waals surface area contributed by atoms with E-state index >= 15 is 0 Å². The Morgan fingerprint density at radius 1 is 1.11 bits per heavy atom. The van der Waals surface area contributed by atoms with Gasteiger partial charge in [0, 0.05) is 0 Å². The fourth-order valence-electron chi connectivity index (χ4n) is 1.24. The Labute approximate surface area is 127 Å². The van der Waals surface area contributed by atoms with Crippen LogP contribution in [0.2, 0.25) is 19.6 Å². The van der Waals surface area contributed by atoms with Crippen LogP contribution >= 0.6 is 31.9 Å². The molecule has 0 aliphatic heterocycles. The molecule has 0 aliphatic carbocycles. The first-order valence-electron chi connectivity index (χ1n) is 5.56. The number of rotatable bonds is 2. The third-order valence-corrected chi connectivity index (χ3v) is 3.80. The van der Waals surface area contributed by atoms with Crippen LogP contribution in [0.15, 0.2) is 27.7 Å². The summed E-state index contributed by atoms with van der Waals surface area (Å²) in [6, 6.07) is 7.90. The Bertz CT molecular complexity index is 497. The molecule has 18 heavy (non-hydrogen) atoms. The highest BCUT2D eigenvalue weighted by Crippen LogP contribution is 2.28. The molecule has 0 spiro atoms. The van der Waals surface area contributed by atoms with Crippen LogP contribution in [-0.2, 0) is 0 Å². The molecule has 1 nitrogen and oxygen atoms in total. The second-order valence-corrected chi connectivity index (χ2v) is 12.3. The first-order chi connectivity index (χ1) is 8.33. The van der Waals surface area contributed by atoms with Gasteiger partial charge in [0.15, 0.2) is 0 Å². The van der Waals surface area contributed by atoms with Crippen molar-refractivity contribution in [3.05, 3.63) is 33.2 Å². The average Bonchev–Trinajstić information content (AvgIpc) is 2.28. The number of ether oxygens (including phenoxy) is 1. The molecule has 4 heteroatoms. The Morgan fingerprint density at radius 3 is 2.06 bits per heavy atom. The third-order valence-electron chi connectivity index (χ3n) is 2.13. The summed E-state index contributed by atoms with van der Waals surface area (Å²) < 4.78 is 6.04. The zero-order valence-electron chi connectivity index (χ0n) is 11.0. The molecule has 0 N–H and O–H groups in total. The molecular weight excluding hydrogens is 372 g/mol. The van der Waals surface area contributed by atoms with Gasteiger partial charge in [-0.1, -0.05) is 25.6 Å². The van der Waals surface area contributed by atoms with Crippen LogP contribution in [0.1, 0.15) is 5.56 Å². The summed E-state index contributed by atoms with van der Waals surface area (Å²) in [5, 5.41) is 0. The highest BCUT2D eigenvalue weighted by atomic mass is 79.9. The molecule has 0 bridgehead atoms. The molecule has 1 aromatic rings. The van der Waals surface area contributed by atoms with Crippen LogP contribution in [0.3, 0.4) is 0 Å². The standard InChI is InChI=1S/C14H16Br2OSi/c1-17-12-7-5-11(6-8-12)13(14(15)16)9-10-18(2,3)4/h5-8H,1-4H3. The highest BCUT2D eigenvalue weighted by Gasteiger charge is 2.09. The zero-order valence-corrected chi connectivity index (χ0v) is 15.1. The molecule has 1 aromatic carbocycles. The van der Waals surface area contributed by atoms with E-state index in [1.165, 1.54) is 0 Å². The van der Waals surface area contributed by atoms with Crippen molar-refractivity contribution in [3.63, 3.8) is 0 Å². The van der Waals surface area contributed by atoms with Gasteiger partial charge in [0.1, 0.15) is 13.8 Å². The fourth-order valence-corrected chi connectivity index (χ4v) is 2.39. The van der Waals surface area contributed by atoms with Gasteiger partial charge in [-0.05, 0) is 61.7 Å². The Hall–Kier alpha value is -0.503. The van der Waals surface area contributed by atoms with Crippen LogP contribution in [0.25, 0.3) is 5.57 Å². The molecule has 0 saturated heterocycles. The normalized spacial score (nSPS) is 10.3. The van der Waals surface area contributed by atoms with Crippen LogP contribution in [0.4, 0.5) is 0 Å². The molecule has 0 fully saturated rings. The van der Waals surface area contributed by atoms with Gasteiger partial charge in [-0.3, -0.25) is 0 Å². The molecule has 1 rings (SSSR count). The van der Waals surface area contributed by atoms with Crippen LogP contribution < -0.4 is 4.74 Å². The van der Waals surface area contributed by atoms with Crippen molar-refractivity contribution >= 4 is 45.5 Å². The van der Waals surface area contributed by atoms with E-state index in [-0.39, 0.29) is 0 Å². The van der Waals surface area contributed by atoms with Crippen molar-refractivity contribution in [3.8, 4) is 17.2 Å². The lowest BCUT2D eigenvalue weighted by atomic mass is 10.1. The number of halogens is 2. The minimum atomic E-state index is -1.38. The SMILES string of the molecule is COc1ccc(C(C#C[Si](C)(C)C)=C(Br)Br)cc1. The summed E-state index contributed by atoms with van der Waals surface area (Å²) in [6.45, 7) is 6.69. The number of allylic oxidation sites excluding steroid dienone is 1. The summed E-state index contributed by atoms with van der Waals surface area (Å²) in [4.78, 5) is 0. The van der Waals surface area contributed by atoms with Crippen LogP contribution in [-0.4, -0.2) is 15.2 Å². The second kappa shape index (κ2) is 6.60. The van der Waals surface area contributed by atoms with Crippen molar-refractivity contribution in [2.45, 2.75) is 19.6 Å². The molecule has 0 atom stereocenters. The predicted molar refractivity (Wildman–Crippen MR) is 88.9 cm³/mol. The lowest BCUT2D eigenvalue weighted by Crippen LogP contribution is -2.16. The largest absolute Gasteiger partial charge is 0.497 e. The summed E-state index contributed by atoms with van der Waals surface area (Å²) in [6.07, 6.45) is 0. The van der Waals surface area contributed by atoms with E-state index < -0.39 is 8.07 Å². The van der Waals surface area contributed by atoms with Gasteiger partial charge in [0.2, 0.25) is 0 Å². The predicted octanol–water partition coefficient (Wildman–Crippen LogP) is 5.03. The summed E-state index contributed by atoms with van der Waals surface area (Å²) in [5.74, 6) is 4.12. The van der Waals surface area contributed by atoms with Gasteiger partial charge >= 0.3 is 0 Å². The summed E-state index contributed by atoms with van der Waals surface area (Å²) in [7, 11) is 0.286. The van der Waals surface area contributed by atoms with Gasteiger partial charge in [-0.25, -0.2) is 0 Å². The van der Waals surface area contributed by atoms with Crippen molar-refractivity contribution in [1.29, 1.82) is 0 Å². The maximum atomic E-state index is 5.15. The molecule has 0 saturated carbocycles. The lowest BCUT2D eigenvalue weighted by molar-refractivity contribution is 0.415. The van der Waals surface area contributed by atoms with Crippen LogP contribution in [0.5, 0.6) is 5.75 Å². The maximum Gasteiger partial charge on any atom is 0.129 e. The first kappa shape index (κ1) is 15.6. The first-order valence-corrected chi connectivity index (χ1v) is 10.6. The smallest absolute Gasteiger partial charge is 0.129 e. The molecule has 0 amide bonds. The van der Waals surface area contributed by atoms with E-state index in [0.29, 0.717) is 0 Å². The molecule has 0 unspecified atom stereocenters. The quantitative estimate of drug-likeness (QED) is 0.510. The van der Waals surface area contributed by atoms with E-state index in [1.54, 1.807) is 7.11 Å². The van der Waals surface area contributed by atoms with E-state index in [4.69, 9.17) is 4.74 Å². The van der Waals surface area contributed by atoms with Gasteiger partial charge in [-0.2, -0.15) is 0 Å². The third kappa shape index (κ3) is 5.01. The monoisotopic (exact) mass is 386 g/mol. The van der Waals surface area contributed by atoms with E-state index in [1.807, 2.05) is 24.3 Å². The van der Waals surface area contributed by atoms with Crippen molar-refractivity contribution < 1.29 is 4.74 Å². The Morgan fingerprint density at radius 2 is 1.67 bits per heavy atom. The minimum absolute atomic E-state index is 0.849. The van der Waals surface area contributed by atoms with Gasteiger partial charge in [0.05, 0.1) is 16.1 Å². The van der Waals surface area contributed by atoms with E-state index in [9.17, 15) is 0 Å². The zero-order chi connectivity index (χ0) is 13.8. The Kier molecular flexibility index (Phi) is 5.70. The fraction of sp³-hybridized carbons (Fsp3) is 0.286. The van der Waals surface area contributed by atoms with Gasteiger partial charge in [0.25, 0.3) is 0 Å². The van der Waals surface area contributed by atoms with Gasteiger partial charge < -0.3 is 4.74 Å². The number of hydrogen-bond donors (Lipinski definition) is 0. The minimum Gasteiger partial charge on any atom is -0.497 e. The summed E-state index contributed by atoms with van der Waals surface area (Å²) in [5.41, 5.74) is 5.42. The molecule has 0 radical (unpaired) electrons. The van der Waals surface area contributed by atoms with Crippen LogP contribution in [0, 0.1) is 11.5 Å². The summed E-state index contributed by atoms with van der Waals surface area (Å²) >= 11 is 6.92. The maximum absolute atomic E-state index is 5.15. The molecule has 96 valence electrons. The highest BCUT2D eigenvalue weighted by molar-refractivity contribution is 9.28. The average molecular weight is 388 g/mol. The van der Waals surface area contributed by atoms with Crippen molar-refractivity contribution in [2.24, 2.45) is 0 Å². The van der Waals surface area contributed by atoms with Crippen molar-refractivity contribution in [1.82, 2.24) is 0 Å². The number of hydrogen-bond acceptors (Lipinski definition) is 1. The van der Waals surface area contributed by atoms with E-state index in [0.717, 1.165) is 20.3 Å². The second-order valence-electron chi connectivity index (χ2n) is 4.86. The molecule has 0 aliphatic rings. The molecule has 0 heterocycles.